The highest BCUT2D eigenvalue weighted by molar-refractivity contribution is 6.30. The standard InChI is InChI=1S/C24H31ClFN5O/c1-15(18(12-24(3,4)27)17-5-6-19(25)20(26)11-17)30-7-9-31(10-8-30)23-22-16(2)32-13-21(22)28-14-29-23/h5-6,11,14,16,18H,1,7-10,12-13,27H2,2-4H3/t16-,18-/m0/s1. The summed E-state index contributed by atoms with van der Waals surface area (Å²) in [5.74, 6) is 0.449. The van der Waals surface area contributed by atoms with Crippen LogP contribution in [0.2, 0.25) is 5.02 Å². The Morgan fingerprint density at radius 1 is 1.31 bits per heavy atom. The lowest BCUT2D eigenvalue weighted by molar-refractivity contribution is 0.0787. The predicted molar refractivity (Wildman–Crippen MR) is 125 cm³/mol. The van der Waals surface area contributed by atoms with Gasteiger partial charge in [0.05, 0.1) is 23.4 Å². The largest absolute Gasteiger partial charge is 0.371 e. The van der Waals surface area contributed by atoms with E-state index >= 15 is 0 Å². The molecule has 4 rings (SSSR count). The number of halogens is 2. The van der Waals surface area contributed by atoms with Crippen molar-refractivity contribution in [2.45, 2.75) is 51.4 Å². The maximum Gasteiger partial charge on any atom is 0.142 e. The molecule has 6 nitrogen and oxygen atoms in total. The number of benzene rings is 1. The van der Waals surface area contributed by atoms with Crippen molar-refractivity contribution in [3.63, 3.8) is 0 Å². The topological polar surface area (TPSA) is 67.5 Å². The fourth-order valence-electron chi connectivity index (χ4n) is 4.60. The van der Waals surface area contributed by atoms with E-state index < -0.39 is 11.4 Å². The monoisotopic (exact) mass is 459 g/mol. The predicted octanol–water partition coefficient (Wildman–Crippen LogP) is 4.41. The molecule has 1 aromatic heterocycles. The molecule has 0 spiro atoms. The third kappa shape index (κ3) is 4.75. The average Bonchev–Trinajstić information content (AvgIpc) is 3.14. The van der Waals surface area contributed by atoms with Crippen LogP contribution in [0, 0.1) is 5.82 Å². The van der Waals surface area contributed by atoms with Crippen LogP contribution in [0.1, 0.15) is 56.0 Å². The van der Waals surface area contributed by atoms with Crippen LogP contribution in [0.25, 0.3) is 0 Å². The molecule has 2 N–H and O–H groups in total. The summed E-state index contributed by atoms with van der Waals surface area (Å²) in [5, 5.41) is 0.120. The third-order valence-corrected chi connectivity index (χ3v) is 6.59. The number of rotatable bonds is 6. The molecule has 32 heavy (non-hydrogen) atoms. The van der Waals surface area contributed by atoms with Crippen LogP contribution in [0.4, 0.5) is 10.2 Å². The Hall–Kier alpha value is -2.22. The summed E-state index contributed by atoms with van der Waals surface area (Å²) in [4.78, 5) is 13.5. The number of nitrogens with zero attached hydrogens (tertiary/aromatic N) is 4. The average molecular weight is 460 g/mol. The highest BCUT2D eigenvalue weighted by Gasteiger charge is 2.31. The van der Waals surface area contributed by atoms with E-state index in [1.165, 1.54) is 6.07 Å². The first-order valence-electron chi connectivity index (χ1n) is 11.0. The molecule has 2 aliphatic heterocycles. The molecule has 0 unspecified atom stereocenters. The van der Waals surface area contributed by atoms with Crippen molar-refractivity contribution < 1.29 is 9.13 Å². The fraction of sp³-hybridized carbons (Fsp3) is 0.500. The molecule has 0 radical (unpaired) electrons. The summed E-state index contributed by atoms with van der Waals surface area (Å²) in [6.07, 6.45) is 2.28. The van der Waals surface area contributed by atoms with E-state index in [9.17, 15) is 4.39 Å². The van der Waals surface area contributed by atoms with Crippen LogP contribution < -0.4 is 10.6 Å². The quantitative estimate of drug-likeness (QED) is 0.690. The number of allylic oxidation sites excluding steroid dienone is 1. The summed E-state index contributed by atoms with van der Waals surface area (Å²) in [6, 6.07) is 4.98. The molecule has 1 saturated heterocycles. The lowest BCUT2D eigenvalue weighted by Crippen LogP contribution is -2.47. The van der Waals surface area contributed by atoms with Gasteiger partial charge in [0.1, 0.15) is 18.0 Å². The van der Waals surface area contributed by atoms with Gasteiger partial charge in [0.25, 0.3) is 0 Å². The van der Waals surface area contributed by atoms with Crippen LogP contribution in [-0.4, -0.2) is 46.6 Å². The molecule has 2 aliphatic rings. The fourth-order valence-corrected chi connectivity index (χ4v) is 4.72. The van der Waals surface area contributed by atoms with E-state index in [4.69, 9.17) is 22.1 Å². The summed E-state index contributed by atoms with van der Waals surface area (Å²) in [7, 11) is 0. The second kappa shape index (κ2) is 8.96. The van der Waals surface area contributed by atoms with Gasteiger partial charge >= 0.3 is 0 Å². The van der Waals surface area contributed by atoms with Gasteiger partial charge in [-0.05, 0) is 44.9 Å². The molecule has 0 bridgehead atoms. The molecule has 0 saturated carbocycles. The SMILES string of the molecule is C=C([C@H](CC(C)(C)N)c1ccc(Cl)c(F)c1)N1CCN(c2ncnc3c2[C@H](C)OC3)CC1. The molecular weight excluding hydrogens is 429 g/mol. The summed E-state index contributed by atoms with van der Waals surface area (Å²) < 4.78 is 20.0. The van der Waals surface area contributed by atoms with Crippen LogP contribution >= 0.6 is 11.6 Å². The Bertz CT molecular complexity index is 1000. The number of nitrogens with two attached hydrogens (primary N) is 1. The van der Waals surface area contributed by atoms with E-state index in [0.29, 0.717) is 13.0 Å². The number of hydrogen-bond acceptors (Lipinski definition) is 6. The Balaban J connectivity index is 1.51. The molecule has 2 atom stereocenters. The smallest absolute Gasteiger partial charge is 0.142 e. The van der Waals surface area contributed by atoms with Gasteiger partial charge < -0.3 is 20.3 Å². The lowest BCUT2D eigenvalue weighted by atomic mass is 9.84. The Morgan fingerprint density at radius 2 is 2.03 bits per heavy atom. The van der Waals surface area contributed by atoms with Crippen molar-refractivity contribution in [3.8, 4) is 0 Å². The van der Waals surface area contributed by atoms with Crippen molar-refractivity contribution in [2.24, 2.45) is 5.73 Å². The number of ether oxygens (including phenoxy) is 1. The highest BCUT2D eigenvalue weighted by atomic mass is 35.5. The zero-order chi connectivity index (χ0) is 23.0. The molecule has 2 aromatic rings. The number of anilines is 1. The van der Waals surface area contributed by atoms with Crippen molar-refractivity contribution in [2.75, 3.05) is 31.1 Å². The minimum absolute atomic E-state index is 0.00478. The summed E-state index contributed by atoms with van der Waals surface area (Å²) in [5.41, 5.74) is 9.80. The summed E-state index contributed by atoms with van der Waals surface area (Å²) >= 11 is 5.91. The van der Waals surface area contributed by atoms with Crippen molar-refractivity contribution in [1.29, 1.82) is 0 Å². The molecule has 0 amide bonds. The first-order chi connectivity index (χ1) is 15.1. The van der Waals surface area contributed by atoms with Crippen LogP contribution in [0.15, 0.2) is 36.8 Å². The maximum absolute atomic E-state index is 14.2. The second-order valence-corrected chi connectivity index (χ2v) is 9.80. The maximum atomic E-state index is 14.2. The minimum atomic E-state index is -0.427. The van der Waals surface area contributed by atoms with E-state index in [0.717, 1.165) is 54.5 Å². The molecule has 1 aromatic carbocycles. The number of fused-ring (bicyclic) bond motifs is 1. The normalized spacial score (nSPS) is 19.8. The molecule has 3 heterocycles. The van der Waals surface area contributed by atoms with Crippen LogP contribution in [0.3, 0.4) is 0 Å². The molecule has 172 valence electrons. The first-order valence-corrected chi connectivity index (χ1v) is 11.4. The van der Waals surface area contributed by atoms with Gasteiger partial charge in [-0.1, -0.05) is 24.2 Å². The first kappa shape index (κ1) is 23.0. The molecular formula is C24H31ClFN5O. The zero-order valence-corrected chi connectivity index (χ0v) is 19.7. The third-order valence-electron chi connectivity index (χ3n) is 6.29. The minimum Gasteiger partial charge on any atom is -0.371 e. The van der Waals surface area contributed by atoms with Crippen molar-refractivity contribution >= 4 is 17.4 Å². The highest BCUT2D eigenvalue weighted by Crippen LogP contribution is 2.37. The Kier molecular flexibility index (Phi) is 6.43. The van der Waals surface area contributed by atoms with E-state index in [-0.39, 0.29) is 17.0 Å². The Labute approximate surface area is 194 Å². The van der Waals surface area contributed by atoms with Gasteiger partial charge in [-0.2, -0.15) is 0 Å². The second-order valence-electron chi connectivity index (χ2n) is 9.40. The van der Waals surface area contributed by atoms with Gasteiger partial charge in [-0.15, -0.1) is 0 Å². The van der Waals surface area contributed by atoms with Crippen molar-refractivity contribution in [1.82, 2.24) is 14.9 Å². The van der Waals surface area contributed by atoms with Crippen LogP contribution in [0.5, 0.6) is 0 Å². The van der Waals surface area contributed by atoms with Crippen molar-refractivity contribution in [3.05, 3.63) is 64.5 Å². The lowest BCUT2D eigenvalue weighted by Gasteiger charge is -2.41. The van der Waals surface area contributed by atoms with Gasteiger partial charge in [0.2, 0.25) is 0 Å². The van der Waals surface area contributed by atoms with E-state index in [1.807, 2.05) is 26.8 Å². The van der Waals surface area contributed by atoms with Gasteiger partial charge in [-0.25, -0.2) is 14.4 Å². The number of piperazine rings is 1. The molecule has 0 aliphatic carbocycles. The zero-order valence-electron chi connectivity index (χ0n) is 18.9. The van der Waals surface area contributed by atoms with Crippen LogP contribution in [-0.2, 0) is 11.3 Å². The van der Waals surface area contributed by atoms with E-state index in [2.05, 4.69) is 26.3 Å². The number of hydrogen-bond donors (Lipinski definition) is 1. The van der Waals surface area contributed by atoms with Gasteiger partial charge in [-0.3, -0.25) is 0 Å². The van der Waals surface area contributed by atoms with Gasteiger partial charge in [0, 0.05) is 48.9 Å². The van der Waals surface area contributed by atoms with Gasteiger partial charge in [0.15, 0.2) is 0 Å². The van der Waals surface area contributed by atoms with E-state index in [1.54, 1.807) is 12.4 Å². The molecule has 1 fully saturated rings. The Morgan fingerprint density at radius 3 is 2.69 bits per heavy atom. The number of aromatic nitrogens is 2. The summed E-state index contributed by atoms with van der Waals surface area (Å²) in [6.45, 7) is 14.2. The molecule has 8 heteroatoms.